The second-order valence-corrected chi connectivity index (χ2v) is 4.55. The van der Waals surface area contributed by atoms with Gasteiger partial charge in [-0.05, 0) is 32.0 Å². The molecule has 0 saturated heterocycles. The molecule has 0 bridgehead atoms. The van der Waals surface area contributed by atoms with Gasteiger partial charge in [0.05, 0.1) is 6.33 Å². The minimum absolute atomic E-state index is 0.273. The number of benzene rings is 1. The maximum absolute atomic E-state index is 6.11. The number of nitrogens with two attached hydrogens (primary N) is 1. The van der Waals surface area contributed by atoms with Gasteiger partial charge >= 0.3 is 0 Å². The summed E-state index contributed by atoms with van der Waals surface area (Å²) in [5.41, 5.74) is 7.83. The van der Waals surface area contributed by atoms with Gasteiger partial charge in [0.15, 0.2) is 11.5 Å². The fourth-order valence-electron chi connectivity index (χ4n) is 2.05. The van der Waals surface area contributed by atoms with Gasteiger partial charge in [-0.2, -0.15) is 0 Å². The van der Waals surface area contributed by atoms with Crippen molar-refractivity contribution in [2.45, 2.75) is 19.9 Å². The molecular weight excluding hydrogens is 230 g/mol. The highest BCUT2D eigenvalue weighted by molar-refractivity contribution is 5.73. The van der Waals surface area contributed by atoms with Gasteiger partial charge in [-0.15, -0.1) is 0 Å². The molecule has 0 spiro atoms. The van der Waals surface area contributed by atoms with E-state index in [0.717, 1.165) is 22.8 Å². The van der Waals surface area contributed by atoms with Crippen LogP contribution < -0.4 is 15.2 Å². The lowest BCUT2D eigenvalue weighted by Crippen LogP contribution is -2.04. The van der Waals surface area contributed by atoms with Gasteiger partial charge in [-0.1, -0.05) is 0 Å². The Hall–Kier alpha value is -2.17. The molecule has 3 rings (SSSR count). The van der Waals surface area contributed by atoms with Crippen molar-refractivity contribution in [3.05, 3.63) is 24.5 Å². The highest BCUT2D eigenvalue weighted by Crippen LogP contribution is 2.37. The molecule has 1 aromatic heterocycles. The number of anilines is 1. The molecule has 94 valence electrons. The second-order valence-electron chi connectivity index (χ2n) is 4.55. The first-order chi connectivity index (χ1) is 8.66. The van der Waals surface area contributed by atoms with Crippen molar-refractivity contribution in [1.29, 1.82) is 0 Å². The Morgan fingerprint density at radius 2 is 2.06 bits per heavy atom. The number of nitrogen functional groups attached to an aromatic ring is 1. The van der Waals surface area contributed by atoms with Gasteiger partial charge in [-0.3, -0.25) is 0 Å². The predicted octanol–water partition coefficient (Wildman–Crippen LogP) is 2.44. The van der Waals surface area contributed by atoms with E-state index in [9.17, 15) is 0 Å². The van der Waals surface area contributed by atoms with Crippen LogP contribution in [-0.4, -0.2) is 16.3 Å². The van der Waals surface area contributed by atoms with Crippen molar-refractivity contribution in [1.82, 2.24) is 9.55 Å². The van der Waals surface area contributed by atoms with E-state index in [1.807, 2.05) is 22.8 Å². The van der Waals surface area contributed by atoms with Crippen molar-refractivity contribution in [3.63, 3.8) is 0 Å². The van der Waals surface area contributed by atoms with Crippen LogP contribution in [0.4, 0.5) is 5.82 Å². The fraction of sp³-hybridized carbons (Fsp3) is 0.308. The zero-order chi connectivity index (χ0) is 12.7. The first kappa shape index (κ1) is 11.0. The number of hydrogen-bond donors (Lipinski definition) is 1. The molecule has 2 N–H and O–H groups in total. The van der Waals surface area contributed by atoms with Gasteiger partial charge in [0.2, 0.25) is 6.79 Å². The summed E-state index contributed by atoms with van der Waals surface area (Å²) >= 11 is 0. The molecule has 1 aromatic carbocycles. The molecule has 5 nitrogen and oxygen atoms in total. The van der Waals surface area contributed by atoms with Crippen molar-refractivity contribution in [2.75, 3.05) is 12.5 Å². The van der Waals surface area contributed by atoms with E-state index in [0.29, 0.717) is 11.9 Å². The quantitative estimate of drug-likeness (QED) is 0.882. The van der Waals surface area contributed by atoms with E-state index >= 15 is 0 Å². The van der Waals surface area contributed by atoms with Crippen LogP contribution >= 0.6 is 0 Å². The van der Waals surface area contributed by atoms with Crippen molar-refractivity contribution >= 4 is 5.82 Å². The molecule has 0 unspecified atom stereocenters. The fourth-order valence-corrected chi connectivity index (χ4v) is 2.05. The zero-order valence-electron chi connectivity index (χ0n) is 10.4. The summed E-state index contributed by atoms with van der Waals surface area (Å²) in [6.45, 7) is 4.41. The summed E-state index contributed by atoms with van der Waals surface area (Å²) in [6, 6.07) is 6.02. The standard InChI is InChI=1S/C13H15N3O2/c1-8(2)16-6-15-12(13(16)14)9-3-4-10-11(5-9)18-7-17-10/h3-6,8H,7,14H2,1-2H3. The molecule has 0 radical (unpaired) electrons. The average Bonchev–Trinajstić information content (AvgIpc) is 2.93. The van der Waals surface area contributed by atoms with E-state index in [-0.39, 0.29) is 6.79 Å². The van der Waals surface area contributed by atoms with Gasteiger partial charge < -0.3 is 19.8 Å². The summed E-state index contributed by atoms with van der Waals surface area (Å²) in [5, 5.41) is 0. The van der Waals surface area contributed by atoms with Gasteiger partial charge in [0, 0.05) is 11.6 Å². The van der Waals surface area contributed by atoms with Crippen molar-refractivity contribution in [3.8, 4) is 22.8 Å². The molecule has 1 aliphatic rings. The normalized spacial score (nSPS) is 13.3. The SMILES string of the molecule is CC(C)n1cnc(-c2ccc3c(c2)OCO3)c1N. The smallest absolute Gasteiger partial charge is 0.231 e. The predicted molar refractivity (Wildman–Crippen MR) is 68.6 cm³/mol. The Morgan fingerprint density at radius 3 is 2.78 bits per heavy atom. The third-order valence-electron chi connectivity index (χ3n) is 3.03. The molecule has 0 atom stereocenters. The van der Waals surface area contributed by atoms with Crippen LogP contribution in [0.15, 0.2) is 24.5 Å². The Labute approximate surface area is 105 Å². The van der Waals surface area contributed by atoms with Crippen molar-refractivity contribution in [2.24, 2.45) is 0 Å². The van der Waals surface area contributed by atoms with Gasteiger partial charge in [-0.25, -0.2) is 4.98 Å². The number of imidazole rings is 1. The maximum Gasteiger partial charge on any atom is 0.231 e. The summed E-state index contributed by atoms with van der Waals surface area (Å²) in [5.74, 6) is 2.18. The number of hydrogen-bond acceptors (Lipinski definition) is 4. The van der Waals surface area contributed by atoms with E-state index in [1.54, 1.807) is 6.33 Å². The number of aromatic nitrogens is 2. The van der Waals surface area contributed by atoms with Crippen LogP contribution in [-0.2, 0) is 0 Å². The Balaban J connectivity index is 2.05. The van der Waals surface area contributed by atoms with Gasteiger partial charge in [0.25, 0.3) is 0 Å². The minimum Gasteiger partial charge on any atom is -0.454 e. The summed E-state index contributed by atoms with van der Waals surface area (Å²) in [6.07, 6.45) is 1.76. The summed E-state index contributed by atoms with van der Waals surface area (Å²) in [4.78, 5) is 4.37. The lowest BCUT2D eigenvalue weighted by molar-refractivity contribution is 0.174. The van der Waals surface area contributed by atoms with Crippen LogP contribution in [0.1, 0.15) is 19.9 Å². The lowest BCUT2D eigenvalue weighted by atomic mass is 10.1. The van der Waals surface area contributed by atoms with E-state index in [1.165, 1.54) is 0 Å². The molecule has 0 aliphatic carbocycles. The molecule has 0 saturated carbocycles. The molecular formula is C13H15N3O2. The first-order valence-electron chi connectivity index (χ1n) is 5.89. The zero-order valence-corrected chi connectivity index (χ0v) is 10.4. The average molecular weight is 245 g/mol. The topological polar surface area (TPSA) is 62.3 Å². The van der Waals surface area contributed by atoms with E-state index in [2.05, 4.69) is 18.8 Å². The maximum atomic E-state index is 6.11. The van der Waals surface area contributed by atoms with Crippen molar-refractivity contribution < 1.29 is 9.47 Å². The molecule has 5 heteroatoms. The summed E-state index contributed by atoms with van der Waals surface area (Å²) in [7, 11) is 0. The van der Waals surface area contributed by atoms with Crippen LogP contribution in [0.3, 0.4) is 0 Å². The number of ether oxygens (including phenoxy) is 2. The highest BCUT2D eigenvalue weighted by atomic mass is 16.7. The number of rotatable bonds is 2. The molecule has 1 aliphatic heterocycles. The molecule has 18 heavy (non-hydrogen) atoms. The molecule has 2 heterocycles. The largest absolute Gasteiger partial charge is 0.454 e. The minimum atomic E-state index is 0.273. The van der Waals surface area contributed by atoms with E-state index in [4.69, 9.17) is 15.2 Å². The Kier molecular flexibility index (Phi) is 2.40. The number of fused-ring (bicyclic) bond motifs is 1. The molecule has 2 aromatic rings. The second kappa shape index (κ2) is 3.94. The van der Waals surface area contributed by atoms with Crippen LogP contribution in [0.5, 0.6) is 11.5 Å². The van der Waals surface area contributed by atoms with Crippen LogP contribution in [0.2, 0.25) is 0 Å². The lowest BCUT2D eigenvalue weighted by Gasteiger charge is -2.09. The summed E-state index contributed by atoms with van der Waals surface area (Å²) < 4.78 is 12.6. The first-order valence-corrected chi connectivity index (χ1v) is 5.89. The third-order valence-corrected chi connectivity index (χ3v) is 3.03. The highest BCUT2D eigenvalue weighted by Gasteiger charge is 2.17. The Morgan fingerprint density at radius 1 is 1.28 bits per heavy atom. The van der Waals surface area contributed by atoms with Crippen LogP contribution in [0, 0.1) is 0 Å². The van der Waals surface area contributed by atoms with Gasteiger partial charge in [0.1, 0.15) is 11.5 Å². The third kappa shape index (κ3) is 1.59. The monoisotopic (exact) mass is 245 g/mol. The van der Waals surface area contributed by atoms with E-state index < -0.39 is 0 Å². The molecule has 0 fully saturated rings. The number of nitrogens with zero attached hydrogens (tertiary/aromatic N) is 2. The Bertz CT molecular complexity index is 590. The molecule has 0 amide bonds. The van der Waals surface area contributed by atoms with Crippen LogP contribution in [0.25, 0.3) is 11.3 Å².